The number of hydrogen-bond donors (Lipinski definition) is 1. The standard InChI is InChI=1S/C10H11NO2/c1-2-7-10(12)13-9-6-4-3-5-8(9)11-7/h3-7,11H,2H2,1H3. The Labute approximate surface area is 76.7 Å². The number of carbonyl (C=O) groups excluding carboxylic acids is 1. The Morgan fingerprint density at radius 3 is 3.00 bits per heavy atom. The van der Waals surface area contributed by atoms with E-state index in [1.54, 1.807) is 6.07 Å². The summed E-state index contributed by atoms with van der Waals surface area (Å²) >= 11 is 0. The van der Waals surface area contributed by atoms with E-state index in [-0.39, 0.29) is 12.0 Å². The van der Waals surface area contributed by atoms with Gasteiger partial charge in [0.05, 0.1) is 5.69 Å². The van der Waals surface area contributed by atoms with E-state index in [0.29, 0.717) is 5.75 Å². The van der Waals surface area contributed by atoms with Crippen molar-refractivity contribution in [2.75, 3.05) is 5.32 Å². The van der Waals surface area contributed by atoms with E-state index in [0.717, 1.165) is 12.1 Å². The van der Waals surface area contributed by atoms with Gasteiger partial charge in [0.25, 0.3) is 0 Å². The molecule has 1 unspecified atom stereocenters. The van der Waals surface area contributed by atoms with Gasteiger partial charge in [-0.3, -0.25) is 0 Å². The molecule has 1 aromatic carbocycles. The van der Waals surface area contributed by atoms with Crippen LogP contribution < -0.4 is 10.1 Å². The van der Waals surface area contributed by atoms with Crippen molar-refractivity contribution in [2.45, 2.75) is 19.4 Å². The minimum absolute atomic E-state index is 0.193. The third-order valence-electron chi connectivity index (χ3n) is 2.12. The van der Waals surface area contributed by atoms with Crippen molar-refractivity contribution in [3.8, 4) is 5.75 Å². The molecule has 0 fully saturated rings. The second kappa shape index (κ2) is 3.09. The minimum atomic E-state index is -0.199. The van der Waals surface area contributed by atoms with Gasteiger partial charge in [-0.05, 0) is 18.6 Å². The maximum atomic E-state index is 11.3. The van der Waals surface area contributed by atoms with Gasteiger partial charge in [0.2, 0.25) is 0 Å². The maximum Gasteiger partial charge on any atom is 0.334 e. The Morgan fingerprint density at radius 2 is 2.23 bits per heavy atom. The van der Waals surface area contributed by atoms with Crippen LogP contribution in [-0.2, 0) is 4.79 Å². The van der Waals surface area contributed by atoms with E-state index >= 15 is 0 Å². The molecular weight excluding hydrogens is 166 g/mol. The Kier molecular flexibility index (Phi) is 1.93. The largest absolute Gasteiger partial charge is 0.423 e. The van der Waals surface area contributed by atoms with E-state index in [1.165, 1.54) is 0 Å². The van der Waals surface area contributed by atoms with Crippen molar-refractivity contribution in [1.82, 2.24) is 0 Å². The zero-order chi connectivity index (χ0) is 9.26. The zero-order valence-corrected chi connectivity index (χ0v) is 7.41. The molecule has 1 aliphatic rings. The highest BCUT2D eigenvalue weighted by atomic mass is 16.5. The van der Waals surface area contributed by atoms with Crippen molar-refractivity contribution in [3.63, 3.8) is 0 Å². The van der Waals surface area contributed by atoms with E-state index in [4.69, 9.17) is 4.74 Å². The molecule has 1 aliphatic heterocycles. The van der Waals surface area contributed by atoms with Crippen LogP contribution in [0.2, 0.25) is 0 Å². The van der Waals surface area contributed by atoms with Crippen LogP contribution in [0.1, 0.15) is 13.3 Å². The number of fused-ring (bicyclic) bond motifs is 1. The number of carbonyl (C=O) groups is 1. The molecule has 1 heterocycles. The van der Waals surface area contributed by atoms with E-state index < -0.39 is 0 Å². The van der Waals surface area contributed by atoms with Gasteiger partial charge in [-0.25, -0.2) is 4.79 Å². The number of nitrogens with one attached hydrogen (secondary N) is 1. The summed E-state index contributed by atoms with van der Waals surface area (Å²) in [7, 11) is 0. The number of hydrogen-bond acceptors (Lipinski definition) is 3. The van der Waals surface area contributed by atoms with Crippen LogP contribution in [0.15, 0.2) is 24.3 Å². The summed E-state index contributed by atoms with van der Waals surface area (Å²) in [6, 6.07) is 7.25. The van der Waals surface area contributed by atoms with E-state index in [2.05, 4.69) is 5.32 Å². The SMILES string of the molecule is CCC1Nc2ccccc2OC1=O. The van der Waals surface area contributed by atoms with Gasteiger partial charge < -0.3 is 10.1 Å². The van der Waals surface area contributed by atoms with Gasteiger partial charge in [0.1, 0.15) is 6.04 Å². The number of para-hydroxylation sites is 2. The fraction of sp³-hybridized carbons (Fsp3) is 0.300. The summed E-state index contributed by atoms with van der Waals surface area (Å²) in [5.74, 6) is 0.429. The van der Waals surface area contributed by atoms with Gasteiger partial charge in [0.15, 0.2) is 5.75 Å². The Hall–Kier alpha value is -1.51. The first-order valence-electron chi connectivity index (χ1n) is 4.38. The molecule has 2 rings (SSSR count). The van der Waals surface area contributed by atoms with Crippen LogP contribution in [0.5, 0.6) is 5.75 Å². The Bertz CT molecular complexity index is 335. The molecule has 0 aromatic heterocycles. The fourth-order valence-electron chi connectivity index (χ4n) is 1.37. The van der Waals surface area contributed by atoms with Gasteiger partial charge in [0, 0.05) is 0 Å². The monoisotopic (exact) mass is 177 g/mol. The molecule has 0 amide bonds. The van der Waals surface area contributed by atoms with Crippen molar-refractivity contribution >= 4 is 11.7 Å². The first-order valence-corrected chi connectivity index (χ1v) is 4.38. The van der Waals surface area contributed by atoms with E-state index in [1.807, 2.05) is 25.1 Å². The molecule has 0 radical (unpaired) electrons. The summed E-state index contributed by atoms with van der Waals surface area (Å²) in [5.41, 5.74) is 0.897. The highest BCUT2D eigenvalue weighted by Gasteiger charge is 2.25. The first kappa shape index (κ1) is 8.10. The normalized spacial score (nSPS) is 20.1. The molecule has 68 valence electrons. The average Bonchev–Trinajstić information content (AvgIpc) is 2.17. The molecule has 3 heteroatoms. The predicted molar refractivity (Wildman–Crippen MR) is 49.8 cm³/mol. The second-order valence-corrected chi connectivity index (χ2v) is 3.02. The topological polar surface area (TPSA) is 38.3 Å². The summed E-state index contributed by atoms with van der Waals surface area (Å²) < 4.78 is 5.13. The van der Waals surface area contributed by atoms with Crippen molar-refractivity contribution < 1.29 is 9.53 Å². The van der Waals surface area contributed by atoms with Crippen LogP contribution in [0, 0.1) is 0 Å². The van der Waals surface area contributed by atoms with Crippen LogP contribution in [0.4, 0.5) is 5.69 Å². The van der Waals surface area contributed by atoms with Crippen LogP contribution in [0.3, 0.4) is 0 Å². The molecule has 0 spiro atoms. The minimum Gasteiger partial charge on any atom is -0.423 e. The molecule has 1 atom stereocenters. The van der Waals surface area contributed by atoms with Crippen LogP contribution in [-0.4, -0.2) is 12.0 Å². The lowest BCUT2D eigenvalue weighted by molar-refractivity contribution is -0.135. The van der Waals surface area contributed by atoms with Crippen LogP contribution >= 0.6 is 0 Å². The summed E-state index contributed by atoms with van der Waals surface area (Å²) in [6.45, 7) is 1.95. The fourth-order valence-corrected chi connectivity index (χ4v) is 1.37. The molecule has 1 N–H and O–H groups in total. The quantitative estimate of drug-likeness (QED) is 0.525. The number of esters is 1. The lowest BCUT2D eigenvalue weighted by Crippen LogP contribution is -2.36. The van der Waals surface area contributed by atoms with Gasteiger partial charge in [-0.2, -0.15) is 0 Å². The number of anilines is 1. The van der Waals surface area contributed by atoms with Gasteiger partial charge in [-0.15, -0.1) is 0 Å². The smallest absolute Gasteiger partial charge is 0.334 e. The molecule has 0 saturated carbocycles. The summed E-state index contributed by atoms with van der Waals surface area (Å²) in [4.78, 5) is 11.3. The number of rotatable bonds is 1. The second-order valence-electron chi connectivity index (χ2n) is 3.02. The predicted octanol–water partition coefficient (Wildman–Crippen LogP) is 1.80. The molecule has 0 bridgehead atoms. The van der Waals surface area contributed by atoms with Crippen molar-refractivity contribution in [2.24, 2.45) is 0 Å². The third-order valence-corrected chi connectivity index (χ3v) is 2.12. The van der Waals surface area contributed by atoms with Crippen molar-refractivity contribution in [3.05, 3.63) is 24.3 Å². The zero-order valence-electron chi connectivity index (χ0n) is 7.41. The first-order chi connectivity index (χ1) is 6.31. The molecular formula is C10H11NO2. The lowest BCUT2D eigenvalue weighted by Gasteiger charge is -2.24. The van der Waals surface area contributed by atoms with Crippen LogP contribution in [0.25, 0.3) is 0 Å². The molecule has 0 aliphatic carbocycles. The number of ether oxygens (including phenoxy) is 1. The number of benzene rings is 1. The van der Waals surface area contributed by atoms with E-state index in [9.17, 15) is 4.79 Å². The van der Waals surface area contributed by atoms with Gasteiger partial charge in [-0.1, -0.05) is 19.1 Å². The maximum absolute atomic E-state index is 11.3. The highest BCUT2D eigenvalue weighted by Crippen LogP contribution is 2.29. The lowest BCUT2D eigenvalue weighted by atomic mass is 10.1. The van der Waals surface area contributed by atoms with Crippen molar-refractivity contribution in [1.29, 1.82) is 0 Å². The molecule has 1 aromatic rings. The highest BCUT2D eigenvalue weighted by molar-refractivity contribution is 5.86. The molecule has 0 saturated heterocycles. The average molecular weight is 177 g/mol. The molecule has 13 heavy (non-hydrogen) atoms. The molecule has 3 nitrogen and oxygen atoms in total. The van der Waals surface area contributed by atoms with Gasteiger partial charge >= 0.3 is 5.97 Å². The Balaban J connectivity index is 2.33. The Morgan fingerprint density at radius 1 is 1.46 bits per heavy atom. The third kappa shape index (κ3) is 1.37. The summed E-state index contributed by atoms with van der Waals surface area (Å²) in [6.07, 6.45) is 0.743. The summed E-state index contributed by atoms with van der Waals surface area (Å²) in [5, 5.41) is 3.12.